The maximum Gasteiger partial charge on any atom is 0.336 e. The fraction of sp³-hybridized carbons (Fsp3) is 0.294. The van der Waals surface area contributed by atoms with Crippen molar-refractivity contribution < 1.29 is 28.9 Å². The summed E-state index contributed by atoms with van der Waals surface area (Å²) < 4.78 is 16.7. The van der Waals surface area contributed by atoms with Gasteiger partial charge >= 0.3 is 5.97 Å². The highest BCUT2D eigenvalue weighted by Crippen LogP contribution is 2.47. The summed E-state index contributed by atoms with van der Waals surface area (Å²) in [6, 6.07) is 22.6. The van der Waals surface area contributed by atoms with Gasteiger partial charge in [-0.1, -0.05) is 48.5 Å². The van der Waals surface area contributed by atoms with Crippen LogP contribution in [-0.4, -0.2) is 37.2 Å². The summed E-state index contributed by atoms with van der Waals surface area (Å²) >= 11 is 0. The maximum atomic E-state index is 13.9. The lowest BCUT2D eigenvalue weighted by Crippen LogP contribution is -2.36. The number of ketones is 1. The molecule has 0 saturated carbocycles. The summed E-state index contributed by atoms with van der Waals surface area (Å²) in [5, 5.41) is 13.8. The number of dihydropyridines is 1. The number of ether oxygens (including phenoxy) is 3. The van der Waals surface area contributed by atoms with E-state index in [1.807, 2.05) is 68.4 Å². The highest BCUT2D eigenvalue weighted by atomic mass is 16.5. The number of phenols is 1. The number of rotatable bonds is 9. The van der Waals surface area contributed by atoms with E-state index >= 15 is 0 Å². The van der Waals surface area contributed by atoms with Crippen LogP contribution < -0.4 is 14.8 Å². The first-order chi connectivity index (χ1) is 19.9. The van der Waals surface area contributed by atoms with E-state index in [9.17, 15) is 14.7 Å². The first kappa shape index (κ1) is 28.0. The number of phenolic OH excluding ortho intramolecular Hbond substituents is 1. The second-order valence-corrected chi connectivity index (χ2v) is 10.3. The van der Waals surface area contributed by atoms with Crippen molar-refractivity contribution in [2.45, 2.75) is 44.9 Å². The molecule has 0 bridgehead atoms. The third-order valence-corrected chi connectivity index (χ3v) is 7.72. The maximum absolute atomic E-state index is 13.9. The fourth-order valence-electron chi connectivity index (χ4n) is 5.72. The number of hydrogen-bond acceptors (Lipinski definition) is 7. The molecule has 0 aromatic heterocycles. The molecule has 2 N–H and O–H groups in total. The van der Waals surface area contributed by atoms with E-state index in [0.717, 1.165) is 22.6 Å². The van der Waals surface area contributed by atoms with Gasteiger partial charge in [0, 0.05) is 35.7 Å². The lowest BCUT2D eigenvalue weighted by atomic mass is 9.71. The second kappa shape index (κ2) is 12.3. The first-order valence-corrected chi connectivity index (χ1v) is 13.9. The van der Waals surface area contributed by atoms with Gasteiger partial charge in [0.05, 0.1) is 25.9 Å². The van der Waals surface area contributed by atoms with Gasteiger partial charge in [-0.3, -0.25) is 4.79 Å². The van der Waals surface area contributed by atoms with Crippen LogP contribution in [0.2, 0.25) is 0 Å². The normalized spacial score (nSPS) is 18.5. The van der Waals surface area contributed by atoms with Crippen molar-refractivity contribution in [3.63, 3.8) is 0 Å². The second-order valence-electron chi connectivity index (χ2n) is 10.3. The van der Waals surface area contributed by atoms with Gasteiger partial charge in [-0.25, -0.2) is 4.79 Å². The van der Waals surface area contributed by atoms with Gasteiger partial charge in [-0.15, -0.1) is 0 Å². The zero-order chi connectivity index (χ0) is 28.9. The molecule has 0 spiro atoms. The van der Waals surface area contributed by atoms with Gasteiger partial charge in [0.2, 0.25) is 0 Å². The molecule has 7 nitrogen and oxygen atoms in total. The smallest absolute Gasteiger partial charge is 0.336 e. The van der Waals surface area contributed by atoms with E-state index in [4.69, 9.17) is 14.2 Å². The number of aromatic hydroxyl groups is 1. The molecule has 5 rings (SSSR count). The van der Waals surface area contributed by atoms with Crippen LogP contribution in [0.15, 0.2) is 95.3 Å². The van der Waals surface area contributed by atoms with Crippen molar-refractivity contribution in [3.8, 4) is 17.2 Å². The topological polar surface area (TPSA) is 94.1 Å². The number of hydrogen-bond donors (Lipinski definition) is 2. The third kappa shape index (κ3) is 5.99. The molecular weight excluding hydrogens is 518 g/mol. The van der Waals surface area contributed by atoms with Crippen LogP contribution in [-0.2, 0) is 20.7 Å². The Labute approximate surface area is 240 Å². The van der Waals surface area contributed by atoms with Crippen molar-refractivity contribution in [2.24, 2.45) is 0 Å². The van der Waals surface area contributed by atoms with Crippen LogP contribution in [0.1, 0.15) is 55.2 Å². The van der Waals surface area contributed by atoms with Crippen LogP contribution in [0.5, 0.6) is 17.2 Å². The summed E-state index contributed by atoms with van der Waals surface area (Å²) in [6.07, 6.45) is 1.52. The van der Waals surface area contributed by atoms with Crippen molar-refractivity contribution in [2.75, 3.05) is 20.3 Å². The molecule has 1 heterocycles. The molecule has 3 aromatic rings. The largest absolute Gasteiger partial charge is 0.504 e. The minimum absolute atomic E-state index is 0.000895. The van der Waals surface area contributed by atoms with Crippen LogP contribution in [0.3, 0.4) is 0 Å². The number of carbonyl (C=O) groups is 2. The van der Waals surface area contributed by atoms with E-state index in [1.165, 1.54) is 0 Å². The minimum atomic E-state index is -0.653. The van der Waals surface area contributed by atoms with E-state index in [-0.39, 0.29) is 24.1 Å². The number of benzene rings is 3. The molecule has 2 aliphatic rings. The number of methoxy groups -OCH3 is 1. The number of Topliss-reactive ketones (excluding diaryl/α,β-unsaturated/α-hetero) is 1. The Bertz CT molecular complexity index is 1490. The van der Waals surface area contributed by atoms with Gasteiger partial charge in [-0.2, -0.15) is 0 Å². The molecule has 212 valence electrons. The number of carbonyl (C=O) groups excluding carboxylic acids is 2. The van der Waals surface area contributed by atoms with Crippen molar-refractivity contribution >= 4 is 11.8 Å². The van der Waals surface area contributed by atoms with Gasteiger partial charge in [0.1, 0.15) is 5.75 Å². The Morgan fingerprint density at radius 3 is 2.44 bits per heavy atom. The van der Waals surface area contributed by atoms with Crippen LogP contribution in [0, 0.1) is 0 Å². The molecule has 41 heavy (non-hydrogen) atoms. The average molecular weight is 554 g/mol. The van der Waals surface area contributed by atoms with Crippen LogP contribution in [0.4, 0.5) is 0 Å². The molecule has 0 saturated heterocycles. The molecule has 0 radical (unpaired) electrons. The van der Waals surface area contributed by atoms with Crippen molar-refractivity contribution in [1.29, 1.82) is 0 Å². The predicted octanol–water partition coefficient (Wildman–Crippen LogP) is 5.95. The van der Waals surface area contributed by atoms with Gasteiger partial charge < -0.3 is 24.6 Å². The zero-order valence-electron chi connectivity index (χ0n) is 23.6. The number of allylic oxidation sites excluding steroid dienone is 3. The SMILES string of the molecule is CCOc1cc([C@@H]2C(C(=O)OCCc3ccccc3)=C(C)NC3=C2C(=O)C[C@@H](c2ccc(OC)cc2)C3)ccc1O. The predicted molar refractivity (Wildman–Crippen MR) is 156 cm³/mol. The standard InChI is InChI=1S/C34H35NO6/c1-4-40-30-20-24(12-15-28(30)36)32-31(34(38)41-17-16-22-8-6-5-7-9-22)21(2)35-27-18-25(19-29(37)33(27)32)23-10-13-26(39-3)14-11-23/h5-15,20,25,32,35-36H,4,16-19H2,1-3H3/t25-,32+/m0/s1. The molecular formula is C34H35NO6. The summed E-state index contributed by atoms with van der Waals surface area (Å²) in [4.78, 5) is 27.5. The quantitative estimate of drug-likeness (QED) is 0.317. The van der Waals surface area contributed by atoms with E-state index < -0.39 is 11.9 Å². The molecule has 3 aromatic carbocycles. The Balaban J connectivity index is 1.49. The molecule has 1 aliphatic carbocycles. The van der Waals surface area contributed by atoms with E-state index in [2.05, 4.69) is 5.32 Å². The zero-order valence-corrected chi connectivity index (χ0v) is 23.6. The van der Waals surface area contributed by atoms with E-state index in [0.29, 0.717) is 54.0 Å². The van der Waals surface area contributed by atoms with Gasteiger partial charge in [0.25, 0.3) is 0 Å². The molecule has 1 aliphatic heterocycles. The average Bonchev–Trinajstić information content (AvgIpc) is 2.98. The lowest BCUT2D eigenvalue weighted by molar-refractivity contribution is -0.139. The molecule has 0 amide bonds. The van der Waals surface area contributed by atoms with Gasteiger partial charge in [-0.05, 0) is 67.1 Å². The minimum Gasteiger partial charge on any atom is -0.504 e. The Morgan fingerprint density at radius 2 is 1.73 bits per heavy atom. The number of esters is 1. The molecule has 0 fully saturated rings. The summed E-state index contributed by atoms with van der Waals surface area (Å²) in [5.41, 5.74) is 5.21. The monoisotopic (exact) mass is 553 g/mol. The first-order valence-electron chi connectivity index (χ1n) is 13.9. The molecule has 2 atom stereocenters. The van der Waals surface area contributed by atoms with Crippen molar-refractivity contribution in [3.05, 3.63) is 112 Å². The van der Waals surface area contributed by atoms with Crippen LogP contribution in [0.25, 0.3) is 0 Å². The Kier molecular flexibility index (Phi) is 8.43. The van der Waals surface area contributed by atoms with E-state index in [1.54, 1.807) is 25.3 Å². The summed E-state index contributed by atoms with van der Waals surface area (Å²) in [6.45, 7) is 4.26. The lowest BCUT2D eigenvalue weighted by Gasteiger charge is -2.36. The van der Waals surface area contributed by atoms with Crippen molar-refractivity contribution in [1.82, 2.24) is 5.32 Å². The van der Waals surface area contributed by atoms with Crippen LogP contribution >= 0.6 is 0 Å². The summed E-state index contributed by atoms with van der Waals surface area (Å²) in [5.74, 6) is -0.0964. The van der Waals surface area contributed by atoms with Gasteiger partial charge in [0.15, 0.2) is 17.3 Å². The highest BCUT2D eigenvalue weighted by molar-refractivity contribution is 6.04. The Morgan fingerprint density at radius 1 is 1.00 bits per heavy atom. The molecule has 0 unspecified atom stereocenters. The summed E-state index contributed by atoms with van der Waals surface area (Å²) in [7, 11) is 1.63. The molecule has 7 heteroatoms. The highest BCUT2D eigenvalue weighted by Gasteiger charge is 2.41. The fourth-order valence-corrected chi connectivity index (χ4v) is 5.72. The number of nitrogens with one attached hydrogen (secondary N) is 1. The third-order valence-electron chi connectivity index (χ3n) is 7.72. The Hall–Kier alpha value is -4.52.